The lowest BCUT2D eigenvalue weighted by Gasteiger charge is -2.24. The van der Waals surface area contributed by atoms with E-state index in [9.17, 15) is 22.8 Å². The Balaban J connectivity index is 1.65. The minimum atomic E-state index is -4.26. The van der Waals surface area contributed by atoms with Crippen LogP contribution < -0.4 is 0 Å². The molecule has 124 valence electrons. The summed E-state index contributed by atoms with van der Waals surface area (Å²) in [6.45, 7) is -0.308. The van der Waals surface area contributed by atoms with Crippen molar-refractivity contribution in [3.05, 3.63) is 0 Å². The van der Waals surface area contributed by atoms with E-state index in [1.165, 1.54) is 16.9 Å². The van der Waals surface area contributed by atoms with E-state index in [1.54, 1.807) is 0 Å². The quantitative estimate of drug-likeness (QED) is 0.717. The Labute approximate surface area is 125 Å². The van der Waals surface area contributed by atoms with Crippen LogP contribution in [0.15, 0.2) is 0 Å². The zero-order valence-electron chi connectivity index (χ0n) is 12.2. The van der Waals surface area contributed by atoms with Gasteiger partial charge in [0.15, 0.2) is 0 Å². The molecule has 0 aromatic rings. The molecule has 3 aliphatic heterocycles. The molecule has 0 radical (unpaired) electrons. The molecule has 3 fully saturated rings. The fraction of sp³-hybridized carbons (Fsp3) is 0.846. The first-order valence-electron chi connectivity index (χ1n) is 7.25. The van der Waals surface area contributed by atoms with Crippen molar-refractivity contribution in [3.63, 3.8) is 0 Å². The second-order valence-corrected chi connectivity index (χ2v) is 6.05. The van der Waals surface area contributed by atoms with Crippen LogP contribution >= 0.6 is 0 Å². The Morgan fingerprint density at radius 3 is 2.59 bits per heavy atom. The number of ether oxygens (including phenoxy) is 1. The van der Waals surface area contributed by atoms with E-state index < -0.39 is 30.8 Å². The van der Waals surface area contributed by atoms with Crippen molar-refractivity contribution in [2.24, 2.45) is 0 Å². The third kappa shape index (κ3) is 2.67. The van der Waals surface area contributed by atoms with Crippen LogP contribution in [0.1, 0.15) is 12.8 Å². The number of halogens is 3. The number of likely N-dealkylation sites (tertiary alicyclic amines) is 1. The van der Waals surface area contributed by atoms with Crippen LogP contribution in [-0.4, -0.2) is 84.3 Å². The molecule has 0 aromatic carbocycles. The molecule has 3 saturated heterocycles. The van der Waals surface area contributed by atoms with Gasteiger partial charge in [0.25, 0.3) is 5.91 Å². The summed E-state index contributed by atoms with van der Waals surface area (Å²) in [5.74, 6) is -0.302. The van der Waals surface area contributed by atoms with Crippen molar-refractivity contribution in [2.75, 3.05) is 33.3 Å². The molecular formula is C13H18F3N3O3. The highest BCUT2D eigenvalue weighted by Gasteiger charge is 2.53. The van der Waals surface area contributed by atoms with E-state index in [2.05, 4.69) is 0 Å². The number of amides is 3. The van der Waals surface area contributed by atoms with Crippen molar-refractivity contribution in [3.8, 4) is 0 Å². The Hall–Kier alpha value is -1.35. The maximum absolute atomic E-state index is 12.4. The second kappa shape index (κ2) is 5.38. The lowest BCUT2D eigenvalue weighted by Crippen LogP contribution is -2.44. The van der Waals surface area contributed by atoms with Gasteiger partial charge < -0.3 is 9.64 Å². The molecule has 3 heterocycles. The minimum absolute atomic E-state index is 0.0885. The Morgan fingerprint density at radius 1 is 1.27 bits per heavy atom. The number of nitrogens with zero attached hydrogens (tertiary/aromatic N) is 3. The van der Waals surface area contributed by atoms with Gasteiger partial charge in [0.1, 0.15) is 6.04 Å². The Morgan fingerprint density at radius 2 is 2.00 bits per heavy atom. The molecule has 9 heteroatoms. The van der Waals surface area contributed by atoms with Gasteiger partial charge in [-0.25, -0.2) is 4.79 Å². The first-order valence-corrected chi connectivity index (χ1v) is 7.25. The number of hydrogen-bond donors (Lipinski definition) is 0. The zero-order chi connectivity index (χ0) is 16.1. The third-order valence-electron chi connectivity index (χ3n) is 4.59. The number of imide groups is 1. The molecule has 0 aliphatic carbocycles. The van der Waals surface area contributed by atoms with Gasteiger partial charge in [-0.05, 0) is 6.42 Å². The lowest BCUT2D eigenvalue weighted by molar-refractivity contribution is -0.143. The largest absolute Gasteiger partial charge is 0.401 e. The topological polar surface area (TPSA) is 53.1 Å². The molecule has 3 aliphatic rings. The average Bonchev–Trinajstić information content (AvgIpc) is 3.07. The van der Waals surface area contributed by atoms with E-state index in [0.717, 1.165) is 4.90 Å². The average molecular weight is 321 g/mol. The molecule has 3 atom stereocenters. The maximum Gasteiger partial charge on any atom is 0.401 e. The number of carbonyl (C=O) groups is 2. The number of methoxy groups -OCH3 is 1. The van der Waals surface area contributed by atoms with Gasteiger partial charge in [0, 0.05) is 33.2 Å². The van der Waals surface area contributed by atoms with Gasteiger partial charge in [-0.3, -0.25) is 14.6 Å². The van der Waals surface area contributed by atoms with E-state index in [-0.39, 0.29) is 25.1 Å². The highest BCUT2D eigenvalue weighted by Crippen LogP contribution is 2.32. The Bertz CT molecular complexity index is 461. The van der Waals surface area contributed by atoms with Gasteiger partial charge in [-0.15, -0.1) is 0 Å². The molecule has 0 spiro atoms. The summed E-state index contributed by atoms with van der Waals surface area (Å²) in [5, 5.41) is 0. The number of carbonyl (C=O) groups excluding carboxylic acids is 2. The van der Waals surface area contributed by atoms with Crippen molar-refractivity contribution in [2.45, 2.75) is 37.2 Å². The van der Waals surface area contributed by atoms with Gasteiger partial charge in [0.05, 0.1) is 18.7 Å². The molecular weight excluding hydrogens is 303 g/mol. The van der Waals surface area contributed by atoms with Gasteiger partial charge in [0.2, 0.25) is 0 Å². The van der Waals surface area contributed by atoms with E-state index in [4.69, 9.17) is 4.74 Å². The van der Waals surface area contributed by atoms with Crippen molar-refractivity contribution in [1.29, 1.82) is 0 Å². The smallest absolute Gasteiger partial charge is 0.380 e. The number of rotatable bonds is 3. The highest BCUT2D eigenvalue weighted by atomic mass is 19.4. The van der Waals surface area contributed by atoms with Crippen molar-refractivity contribution >= 4 is 11.9 Å². The highest BCUT2D eigenvalue weighted by molar-refractivity contribution is 6.05. The first kappa shape index (κ1) is 15.5. The van der Waals surface area contributed by atoms with Crippen LogP contribution in [0.25, 0.3) is 0 Å². The van der Waals surface area contributed by atoms with Crippen LogP contribution in [0.2, 0.25) is 0 Å². The van der Waals surface area contributed by atoms with E-state index in [0.29, 0.717) is 19.4 Å². The molecule has 3 rings (SSSR count). The molecule has 0 aromatic heterocycles. The first-order chi connectivity index (χ1) is 10.3. The lowest BCUT2D eigenvalue weighted by atomic mass is 10.1. The molecule has 0 N–H and O–H groups in total. The normalized spacial score (nSPS) is 33.2. The zero-order valence-corrected chi connectivity index (χ0v) is 12.2. The van der Waals surface area contributed by atoms with E-state index in [1.807, 2.05) is 0 Å². The fourth-order valence-corrected chi connectivity index (χ4v) is 3.56. The summed E-state index contributed by atoms with van der Waals surface area (Å²) in [7, 11) is 1.53. The van der Waals surface area contributed by atoms with Crippen LogP contribution in [0, 0.1) is 0 Å². The summed E-state index contributed by atoms with van der Waals surface area (Å²) in [5.41, 5.74) is 0. The molecule has 0 saturated carbocycles. The summed E-state index contributed by atoms with van der Waals surface area (Å²) in [6, 6.07) is -1.38. The molecule has 22 heavy (non-hydrogen) atoms. The summed E-state index contributed by atoms with van der Waals surface area (Å²) >= 11 is 0. The minimum Gasteiger partial charge on any atom is -0.380 e. The fourth-order valence-electron chi connectivity index (χ4n) is 3.56. The molecule has 6 nitrogen and oxygen atoms in total. The standard InChI is InChI=1S/C13H18F3N3O3/c1-22-9-4-10-11(20)19(12(21)18(10)6-9)8-2-3-17(5-8)7-13(14,15)16/h8-10H,2-7H2,1H3/t8-,9+,10-/m0/s1. The summed E-state index contributed by atoms with van der Waals surface area (Å²) in [6.07, 6.45) is -3.57. The molecule has 3 amide bonds. The predicted octanol–water partition coefficient (Wildman–Crippen LogP) is 0.674. The summed E-state index contributed by atoms with van der Waals surface area (Å²) < 4.78 is 42.5. The SMILES string of the molecule is CO[C@@H]1C[C@H]2C(=O)N([C@H]3CCN(CC(F)(F)F)C3)C(=O)N2C1. The predicted molar refractivity (Wildman–Crippen MR) is 69.1 cm³/mol. The monoisotopic (exact) mass is 321 g/mol. The summed E-state index contributed by atoms with van der Waals surface area (Å²) in [4.78, 5) is 28.7. The number of urea groups is 1. The van der Waals surface area contributed by atoms with Crippen molar-refractivity contribution in [1.82, 2.24) is 14.7 Å². The number of hydrogen-bond acceptors (Lipinski definition) is 4. The van der Waals surface area contributed by atoms with Crippen molar-refractivity contribution < 1.29 is 27.5 Å². The molecule has 0 bridgehead atoms. The second-order valence-electron chi connectivity index (χ2n) is 6.05. The molecule has 0 unspecified atom stereocenters. The van der Waals surface area contributed by atoms with Crippen LogP contribution in [0.3, 0.4) is 0 Å². The van der Waals surface area contributed by atoms with Gasteiger partial charge in [-0.2, -0.15) is 13.2 Å². The third-order valence-corrected chi connectivity index (χ3v) is 4.59. The van der Waals surface area contributed by atoms with Crippen LogP contribution in [0.4, 0.5) is 18.0 Å². The number of alkyl halides is 3. The Kier molecular flexibility index (Phi) is 3.80. The van der Waals surface area contributed by atoms with Crippen LogP contribution in [-0.2, 0) is 9.53 Å². The maximum atomic E-state index is 12.4. The van der Waals surface area contributed by atoms with Gasteiger partial charge in [-0.1, -0.05) is 0 Å². The number of fused-ring (bicyclic) bond motifs is 1. The van der Waals surface area contributed by atoms with Gasteiger partial charge >= 0.3 is 12.2 Å². The van der Waals surface area contributed by atoms with Crippen LogP contribution in [0.5, 0.6) is 0 Å². The van der Waals surface area contributed by atoms with E-state index >= 15 is 0 Å².